The number of phenolic OH excluding ortho intramolecular Hbond substituents is 1. The van der Waals surface area contributed by atoms with Crippen LogP contribution in [0.1, 0.15) is 34.7 Å². The highest BCUT2D eigenvalue weighted by Gasteiger charge is 2.33. The van der Waals surface area contributed by atoms with Crippen LogP contribution in [0.4, 0.5) is 0 Å². The van der Waals surface area contributed by atoms with E-state index in [1.54, 1.807) is 22.8 Å². The molecule has 6 rings (SSSR count). The van der Waals surface area contributed by atoms with Gasteiger partial charge in [0.25, 0.3) is 5.56 Å². The van der Waals surface area contributed by atoms with E-state index in [0.29, 0.717) is 14.4 Å². The van der Waals surface area contributed by atoms with Gasteiger partial charge in [0.2, 0.25) is 0 Å². The van der Waals surface area contributed by atoms with Gasteiger partial charge in [0.1, 0.15) is 5.75 Å². The normalized spacial score (nSPS) is 17.2. The van der Waals surface area contributed by atoms with Crippen LogP contribution in [0.5, 0.6) is 5.75 Å². The van der Waals surface area contributed by atoms with Crippen molar-refractivity contribution in [2.24, 2.45) is 4.99 Å². The van der Waals surface area contributed by atoms with Crippen molar-refractivity contribution in [2.75, 3.05) is 0 Å². The molecule has 1 aliphatic carbocycles. The number of aryl methyl sites for hydroxylation is 1. The Morgan fingerprint density at radius 2 is 1.85 bits per heavy atom. The number of rotatable bonds is 2. The molecule has 33 heavy (non-hydrogen) atoms. The molecule has 6 heteroatoms. The number of hydrogen-bond donors (Lipinski definition) is 1. The maximum atomic E-state index is 13.7. The summed E-state index contributed by atoms with van der Waals surface area (Å²) in [5, 5.41) is 10.5. The predicted molar refractivity (Wildman–Crippen MR) is 132 cm³/mol. The Bertz CT molecular complexity index is 1630. The maximum Gasteiger partial charge on any atom is 0.271 e. The molecule has 0 bridgehead atoms. The molecule has 4 aromatic rings. The monoisotopic (exact) mass is 470 g/mol. The average molecular weight is 471 g/mol. The molecule has 2 aliphatic rings. The average Bonchev–Trinajstić information content (AvgIpc) is 3.13. The van der Waals surface area contributed by atoms with Crippen molar-refractivity contribution < 1.29 is 5.11 Å². The van der Waals surface area contributed by atoms with Crippen molar-refractivity contribution in [3.63, 3.8) is 0 Å². The number of phenols is 1. The van der Waals surface area contributed by atoms with E-state index in [2.05, 4.69) is 18.2 Å². The minimum atomic E-state index is -0.301. The van der Waals surface area contributed by atoms with Crippen molar-refractivity contribution in [3.8, 4) is 5.75 Å². The number of benzene rings is 3. The molecule has 0 spiro atoms. The quantitative estimate of drug-likeness (QED) is 0.462. The fraction of sp³-hybridized carbons (Fsp3) is 0.111. The van der Waals surface area contributed by atoms with Gasteiger partial charge >= 0.3 is 0 Å². The summed E-state index contributed by atoms with van der Waals surface area (Å²) < 4.78 is 2.36. The third-order valence-electron chi connectivity index (χ3n) is 6.24. The van der Waals surface area contributed by atoms with Gasteiger partial charge < -0.3 is 5.11 Å². The molecule has 0 fully saturated rings. The standard InChI is InChI=1S/C27H19ClN2O2S/c28-22-11-4-3-10-20(22)25-21-13-12-17-7-1-2-9-19(17)24(21)29-27-30(25)26(32)23(33-27)15-16-6-5-8-18(31)14-16/h1-11,14-15,25,31H,12-13H2/t25-/m0/s1. The minimum absolute atomic E-state index is 0.0996. The molecular weight excluding hydrogens is 452 g/mol. The number of aromatic hydroxyl groups is 1. The van der Waals surface area contributed by atoms with E-state index in [9.17, 15) is 9.90 Å². The van der Waals surface area contributed by atoms with E-state index in [1.807, 2.05) is 42.5 Å². The van der Waals surface area contributed by atoms with Crippen LogP contribution >= 0.6 is 22.9 Å². The molecule has 2 heterocycles. The molecule has 0 unspecified atom stereocenters. The van der Waals surface area contributed by atoms with Crippen LogP contribution in [0.25, 0.3) is 11.8 Å². The lowest BCUT2D eigenvalue weighted by Gasteiger charge is -2.31. The van der Waals surface area contributed by atoms with Gasteiger partial charge in [0.05, 0.1) is 16.3 Å². The fourth-order valence-electron chi connectivity index (χ4n) is 4.76. The highest BCUT2D eigenvalue weighted by Crippen LogP contribution is 2.42. The lowest BCUT2D eigenvalue weighted by Crippen LogP contribution is -2.38. The fourth-order valence-corrected chi connectivity index (χ4v) is 6.00. The van der Waals surface area contributed by atoms with Crippen molar-refractivity contribution in [3.05, 3.63) is 125 Å². The number of thiazole rings is 1. The first-order valence-corrected chi connectivity index (χ1v) is 12.0. The van der Waals surface area contributed by atoms with Crippen LogP contribution in [0.15, 0.2) is 88.2 Å². The Hall–Kier alpha value is -3.41. The highest BCUT2D eigenvalue weighted by atomic mass is 35.5. The van der Waals surface area contributed by atoms with Gasteiger partial charge in [-0.25, -0.2) is 4.99 Å². The van der Waals surface area contributed by atoms with E-state index in [-0.39, 0.29) is 17.4 Å². The smallest absolute Gasteiger partial charge is 0.271 e. The predicted octanol–water partition coefficient (Wildman–Crippen LogP) is 4.68. The van der Waals surface area contributed by atoms with Crippen LogP contribution in [0, 0.1) is 0 Å². The Kier molecular flexibility index (Phi) is 4.82. The molecule has 1 N–H and O–H groups in total. The second-order valence-electron chi connectivity index (χ2n) is 8.23. The Balaban J connectivity index is 1.65. The van der Waals surface area contributed by atoms with Gasteiger partial charge in [0, 0.05) is 10.6 Å². The van der Waals surface area contributed by atoms with E-state index in [1.165, 1.54) is 16.9 Å². The second-order valence-corrected chi connectivity index (χ2v) is 9.65. The summed E-state index contributed by atoms with van der Waals surface area (Å²) >= 11 is 8.03. The number of nitrogens with zero attached hydrogens (tertiary/aromatic N) is 2. The van der Waals surface area contributed by atoms with E-state index in [4.69, 9.17) is 16.6 Å². The van der Waals surface area contributed by atoms with Gasteiger partial charge in [0.15, 0.2) is 4.80 Å². The third-order valence-corrected chi connectivity index (χ3v) is 7.57. The van der Waals surface area contributed by atoms with Gasteiger partial charge in [-0.3, -0.25) is 9.36 Å². The summed E-state index contributed by atoms with van der Waals surface area (Å²) in [7, 11) is 0. The largest absolute Gasteiger partial charge is 0.508 e. The Morgan fingerprint density at radius 3 is 2.70 bits per heavy atom. The molecule has 0 saturated heterocycles. The summed E-state index contributed by atoms with van der Waals surface area (Å²) in [5.74, 6) is 0.164. The van der Waals surface area contributed by atoms with Crippen molar-refractivity contribution >= 4 is 34.7 Å². The molecule has 3 aromatic carbocycles. The maximum absolute atomic E-state index is 13.7. The SMILES string of the molecule is O=c1c(=Cc2cccc(O)c2)sc2n1[C@@H](c1ccccc1Cl)C1=C(N=2)c2ccccc2CC1. The zero-order valence-electron chi connectivity index (χ0n) is 17.5. The van der Waals surface area contributed by atoms with Crippen molar-refractivity contribution in [1.82, 2.24) is 4.57 Å². The van der Waals surface area contributed by atoms with Crippen molar-refractivity contribution in [2.45, 2.75) is 18.9 Å². The molecule has 1 atom stereocenters. The lowest BCUT2D eigenvalue weighted by molar-refractivity contribution is 0.475. The Labute approximate surface area is 199 Å². The lowest BCUT2D eigenvalue weighted by atomic mass is 9.83. The van der Waals surface area contributed by atoms with Crippen LogP contribution in [-0.4, -0.2) is 9.67 Å². The molecule has 0 saturated carbocycles. The minimum Gasteiger partial charge on any atom is -0.508 e. The van der Waals surface area contributed by atoms with Gasteiger partial charge in [-0.05, 0) is 59.4 Å². The first-order chi connectivity index (χ1) is 16.1. The van der Waals surface area contributed by atoms with Crippen LogP contribution in [-0.2, 0) is 6.42 Å². The zero-order chi connectivity index (χ0) is 22.5. The molecular formula is C27H19ClN2O2S. The number of aromatic nitrogens is 1. The van der Waals surface area contributed by atoms with Gasteiger partial charge in [-0.2, -0.15) is 0 Å². The second kappa shape index (κ2) is 7.87. The number of allylic oxidation sites excluding steroid dienone is 1. The summed E-state index contributed by atoms with van der Waals surface area (Å²) in [6.07, 6.45) is 3.53. The molecule has 1 aliphatic heterocycles. The first-order valence-electron chi connectivity index (χ1n) is 10.8. The van der Waals surface area contributed by atoms with Crippen LogP contribution in [0.2, 0.25) is 5.02 Å². The van der Waals surface area contributed by atoms with Crippen molar-refractivity contribution in [1.29, 1.82) is 0 Å². The molecule has 4 nitrogen and oxygen atoms in total. The molecule has 0 radical (unpaired) electrons. The highest BCUT2D eigenvalue weighted by molar-refractivity contribution is 7.07. The zero-order valence-corrected chi connectivity index (χ0v) is 19.1. The van der Waals surface area contributed by atoms with Gasteiger partial charge in [-0.15, -0.1) is 0 Å². The molecule has 1 aromatic heterocycles. The summed E-state index contributed by atoms with van der Waals surface area (Å²) in [6, 6.07) is 22.7. The third kappa shape index (κ3) is 3.36. The van der Waals surface area contributed by atoms with Gasteiger partial charge in [-0.1, -0.05) is 77.5 Å². The van der Waals surface area contributed by atoms with Crippen LogP contribution in [0.3, 0.4) is 0 Å². The number of fused-ring (bicyclic) bond motifs is 3. The summed E-state index contributed by atoms with van der Waals surface area (Å²) in [6.45, 7) is 0. The summed E-state index contributed by atoms with van der Waals surface area (Å²) in [5.41, 5.74) is 6.05. The van der Waals surface area contributed by atoms with Crippen LogP contribution < -0.4 is 14.9 Å². The van der Waals surface area contributed by atoms with E-state index < -0.39 is 0 Å². The summed E-state index contributed by atoms with van der Waals surface area (Å²) in [4.78, 5) is 19.3. The number of halogens is 1. The van der Waals surface area contributed by atoms with E-state index >= 15 is 0 Å². The van der Waals surface area contributed by atoms with E-state index in [0.717, 1.165) is 40.8 Å². The molecule has 0 amide bonds. The topological polar surface area (TPSA) is 54.6 Å². The molecule has 162 valence electrons. The number of hydrogen-bond acceptors (Lipinski definition) is 4. The Morgan fingerprint density at radius 1 is 1.03 bits per heavy atom. The first kappa shape index (κ1) is 20.2.